The minimum absolute atomic E-state index is 0.0281. The lowest BCUT2D eigenvalue weighted by atomic mass is 10.0. The summed E-state index contributed by atoms with van der Waals surface area (Å²) in [6.07, 6.45) is -4.73. The zero-order valence-corrected chi connectivity index (χ0v) is 11.1. The third kappa shape index (κ3) is 3.56. The second-order valence-corrected chi connectivity index (χ2v) is 5.56. The van der Waals surface area contributed by atoms with E-state index in [1.807, 2.05) is 0 Å². The van der Waals surface area contributed by atoms with Gasteiger partial charge in [0, 0.05) is 0 Å². The molecule has 1 aliphatic heterocycles. The molecule has 8 nitrogen and oxygen atoms in total. The molecule has 1 fully saturated rings. The topological polar surface area (TPSA) is 142 Å². The largest absolute Gasteiger partial charge is 0.790 e. The number of benzene rings is 1. The number of rotatable bonds is 4. The fourth-order valence-corrected chi connectivity index (χ4v) is 2.32. The normalized spacial score (nSPS) is 30.6. The van der Waals surface area contributed by atoms with Crippen LogP contribution >= 0.6 is 7.82 Å². The molecule has 112 valence electrons. The molecule has 1 aromatic rings. The maximum absolute atomic E-state index is 10.4. The van der Waals surface area contributed by atoms with E-state index in [-0.39, 0.29) is 5.75 Å². The molecule has 1 aromatic carbocycles. The van der Waals surface area contributed by atoms with Gasteiger partial charge in [0.15, 0.2) is 0 Å². The second-order valence-electron chi connectivity index (χ2n) is 4.41. The maximum Gasteiger partial charge on any atom is 0.115 e. The van der Waals surface area contributed by atoms with Gasteiger partial charge in [0.05, 0.1) is 14.4 Å². The number of ether oxygens (including phenoxy) is 1. The van der Waals surface area contributed by atoms with Crippen molar-refractivity contribution in [1.82, 2.24) is 0 Å². The van der Waals surface area contributed by atoms with Crippen molar-refractivity contribution >= 4 is 7.82 Å². The van der Waals surface area contributed by atoms with Gasteiger partial charge >= 0.3 is 0 Å². The standard InChI is InChI=1S/C11H15O8P/c12-7-3-1-6(2-4-7)11-10(14)9(13)8(19-11)5-18-20(15,16)17/h1-4,8-14H,5H2,(H2,15,16,17)/p-2/t8-,9-,10-,11+/m1/s1. The summed E-state index contributed by atoms with van der Waals surface area (Å²) in [4.78, 5) is 20.8. The molecule has 1 heterocycles. The first-order valence-corrected chi connectivity index (χ1v) is 7.21. The molecule has 0 unspecified atom stereocenters. The zero-order chi connectivity index (χ0) is 14.9. The molecule has 1 aliphatic rings. The van der Waals surface area contributed by atoms with E-state index >= 15 is 0 Å². The Balaban J connectivity index is 2.06. The van der Waals surface area contributed by atoms with Crippen LogP contribution in [0, 0.1) is 0 Å². The zero-order valence-electron chi connectivity index (χ0n) is 10.2. The van der Waals surface area contributed by atoms with Crippen molar-refractivity contribution in [2.24, 2.45) is 0 Å². The Kier molecular flexibility index (Phi) is 4.46. The molecule has 1 saturated heterocycles. The summed E-state index contributed by atoms with van der Waals surface area (Å²) < 4.78 is 19.7. The molecule has 0 aliphatic carbocycles. The van der Waals surface area contributed by atoms with Gasteiger partial charge in [-0.2, -0.15) is 0 Å². The number of hydrogen-bond donors (Lipinski definition) is 3. The van der Waals surface area contributed by atoms with E-state index in [1.165, 1.54) is 24.3 Å². The van der Waals surface area contributed by atoms with Crippen LogP contribution in [0.5, 0.6) is 5.75 Å². The molecule has 0 radical (unpaired) electrons. The Labute approximate surface area is 114 Å². The molecule has 3 N–H and O–H groups in total. The Bertz CT molecular complexity index is 498. The van der Waals surface area contributed by atoms with Crippen LogP contribution in [-0.4, -0.2) is 40.2 Å². The lowest BCUT2D eigenvalue weighted by Gasteiger charge is -2.30. The molecule has 0 saturated carbocycles. The number of aromatic hydroxyl groups is 1. The third-order valence-electron chi connectivity index (χ3n) is 2.98. The summed E-state index contributed by atoms with van der Waals surface area (Å²) in [6.45, 7) is -0.670. The average molecular weight is 304 g/mol. The highest BCUT2D eigenvalue weighted by atomic mass is 31.2. The van der Waals surface area contributed by atoms with Crippen LogP contribution in [0.4, 0.5) is 0 Å². The fourth-order valence-electron chi connectivity index (χ4n) is 1.99. The van der Waals surface area contributed by atoms with Crippen LogP contribution in [0.3, 0.4) is 0 Å². The number of phenols is 1. The number of hydrogen-bond acceptors (Lipinski definition) is 8. The van der Waals surface area contributed by atoms with Crippen LogP contribution in [0.2, 0.25) is 0 Å². The number of phosphoric ester groups is 1. The van der Waals surface area contributed by atoms with Crippen molar-refractivity contribution in [1.29, 1.82) is 0 Å². The van der Waals surface area contributed by atoms with Crippen molar-refractivity contribution in [2.45, 2.75) is 24.4 Å². The lowest BCUT2D eigenvalue weighted by Crippen LogP contribution is -2.34. The van der Waals surface area contributed by atoms with Gasteiger partial charge in [0.2, 0.25) is 0 Å². The predicted octanol–water partition coefficient (Wildman–Crippen LogP) is -1.60. The maximum atomic E-state index is 10.4. The smallest absolute Gasteiger partial charge is 0.115 e. The molecule has 9 heteroatoms. The van der Waals surface area contributed by atoms with E-state index in [0.717, 1.165) is 0 Å². The Hall–Kier alpha value is -0.990. The highest BCUT2D eigenvalue weighted by Gasteiger charge is 2.43. The summed E-state index contributed by atoms with van der Waals surface area (Å²) in [5, 5.41) is 28.8. The monoisotopic (exact) mass is 304 g/mol. The Morgan fingerprint density at radius 3 is 2.35 bits per heavy atom. The molecule has 2 rings (SSSR count). The lowest BCUT2D eigenvalue weighted by molar-refractivity contribution is -0.343. The van der Waals surface area contributed by atoms with E-state index in [1.54, 1.807) is 0 Å². The van der Waals surface area contributed by atoms with Crippen LogP contribution < -0.4 is 9.79 Å². The van der Waals surface area contributed by atoms with Gasteiger partial charge in [0.1, 0.15) is 30.2 Å². The fraction of sp³-hybridized carbons (Fsp3) is 0.455. The Morgan fingerprint density at radius 1 is 1.20 bits per heavy atom. The highest BCUT2D eigenvalue weighted by Crippen LogP contribution is 2.36. The summed E-state index contributed by atoms with van der Waals surface area (Å²) >= 11 is 0. The van der Waals surface area contributed by atoms with Gasteiger partial charge in [-0.05, 0) is 17.7 Å². The number of aliphatic hydroxyl groups excluding tert-OH is 2. The van der Waals surface area contributed by atoms with E-state index < -0.39 is 38.8 Å². The average Bonchev–Trinajstić information content (AvgIpc) is 2.64. The molecule has 0 amide bonds. The Morgan fingerprint density at radius 2 is 1.80 bits per heavy atom. The van der Waals surface area contributed by atoms with Gasteiger partial charge < -0.3 is 38.9 Å². The van der Waals surface area contributed by atoms with Crippen molar-refractivity contribution in [2.75, 3.05) is 6.61 Å². The molecule has 0 spiro atoms. The van der Waals surface area contributed by atoms with Crippen molar-refractivity contribution in [3.8, 4) is 5.75 Å². The van der Waals surface area contributed by atoms with Gasteiger partial charge in [-0.25, -0.2) is 0 Å². The molecule has 0 aromatic heterocycles. The molecule has 20 heavy (non-hydrogen) atoms. The van der Waals surface area contributed by atoms with Crippen LogP contribution in [0.1, 0.15) is 11.7 Å². The van der Waals surface area contributed by atoms with Crippen LogP contribution in [-0.2, 0) is 13.8 Å². The predicted molar refractivity (Wildman–Crippen MR) is 61.3 cm³/mol. The summed E-state index contributed by atoms with van der Waals surface area (Å²) in [5.74, 6) is 0.0281. The van der Waals surface area contributed by atoms with E-state index in [0.29, 0.717) is 5.56 Å². The molecule has 0 bridgehead atoms. The van der Waals surface area contributed by atoms with Crippen molar-refractivity contribution in [3.63, 3.8) is 0 Å². The quantitative estimate of drug-likeness (QED) is 0.564. The third-order valence-corrected chi connectivity index (χ3v) is 3.45. The van der Waals surface area contributed by atoms with Crippen LogP contribution in [0.25, 0.3) is 0 Å². The highest BCUT2D eigenvalue weighted by molar-refractivity contribution is 7.43. The van der Waals surface area contributed by atoms with Crippen LogP contribution in [0.15, 0.2) is 24.3 Å². The van der Waals surface area contributed by atoms with Crippen molar-refractivity contribution in [3.05, 3.63) is 29.8 Å². The van der Waals surface area contributed by atoms with Crippen molar-refractivity contribution < 1.29 is 38.9 Å². The van der Waals surface area contributed by atoms with E-state index in [2.05, 4.69) is 4.52 Å². The minimum atomic E-state index is -5.17. The first-order chi connectivity index (χ1) is 9.28. The van der Waals surface area contributed by atoms with Gasteiger partial charge in [-0.3, -0.25) is 0 Å². The molecule has 4 atom stereocenters. The van der Waals surface area contributed by atoms with Gasteiger partial charge in [0.25, 0.3) is 0 Å². The summed E-state index contributed by atoms with van der Waals surface area (Å²) in [7, 11) is -5.17. The first-order valence-electron chi connectivity index (χ1n) is 5.75. The molecular weight excluding hydrogens is 291 g/mol. The number of aliphatic hydroxyl groups is 2. The van der Waals surface area contributed by atoms with Gasteiger partial charge in [-0.1, -0.05) is 12.1 Å². The van der Waals surface area contributed by atoms with E-state index in [9.17, 15) is 24.6 Å². The van der Waals surface area contributed by atoms with Gasteiger partial charge in [-0.15, -0.1) is 0 Å². The molecular formula is C11H13O8P-2. The number of phosphoric acid groups is 1. The second kappa shape index (κ2) is 5.79. The summed E-state index contributed by atoms with van der Waals surface area (Å²) in [5.41, 5.74) is 0.490. The summed E-state index contributed by atoms with van der Waals surface area (Å²) in [6, 6.07) is 5.74. The minimum Gasteiger partial charge on any atom is -0.790 e. The van der Waals surface area contributed by atoms with E-state index in [4.69, 9.17) is 9.84 Å². The number of phenolic OH excluding ortho intramolecular Hbond substituents is 1. The SMILES string of the molecule is O=P([O-])([O-])OC[C@H]1O[C@@H](c2ccc(O)cc2)[C@H](O)[C@@H]1O. The first kappa shape index (κ1) is 15.4.